The molecular weight excluding hydrogens is 256 g/mol. The van der Waals surface area contributed by atoms with E-state index in [1.165, 1.54) is 4.68 Å². The highest BCUT2D eigenvalue weighted by Gasteiger charge is 2.33. The summed E-state index contributed by atoms with van der Waals surface area (Å²) in [6, 6.07) is 7.25. The highest BCUT2D eigenvalue weighted by molar-refractivity contribution is 5.96. The van der Waals surface area contributed by atoms with Gasteiger partial charge in [-0.25, -0.2) is 14.3 Å². The molecule has 0 saturated carbocycles. The van der Waals surface area contributed by atoms with Gasteiger partial charge in [0.2, 0.25) is 0 Å². The van der Waals surface area contributed by atoms with E-state index in [0.29, 0.717) is 12.4 Å². The molecule has 3 rings (SSSR count). The predicted octanol–water partition coefficient (Wildman–Crippen LogP) is 1.92. The Morgan fingerprint density at radius 1 is 1.15 bits per heavy atom. The fourth-order valence-corrected chi connectivity index (χ4v) is 2.31. The summed E-state index contributed by atoms with van der Waals surface area (Å²) in [5.41, 5.74) is 1.54. The topological polar surface area (TPSA) is 60.1 Å². The lowest BCUT2D eigenvalue weighted by molar-refractivity contribution is 0.249. The first-order valence-corrected chi connectivity index (χ1v) is 6.58. The molecule has 6 heteroatoms. The van der Waals surface area contributed by atoms with Crippen molar-refractivity contribution in [2.24, 2.45) is 0 Å². The van der Waals surface area contributed by atoms with Gasteiger partial charge in [0, 0.05) is 5.69 Å². The van der Waals surface area contributed by atoms with Gasteiger partial charge in [-0.2, -0.15) is 9.67 Å². The van der Waals surface area contributed by atoms with Gasteiger partial charge in [0.1, 0.15) is 0 Å². The molecule has 0 fully saturated rings. The largest absolute Gasteiger partial charge is 0.354 e. The fourth-order valence-electron chi connectivity index (χ4n) is 2.31. The van der Waals surface area contributed by atoms with Crippen molar-refractivity contribution >= 4 is 11.7 Å². The Hall–Kier alpha value is -2.37. The summed E-state index contributed by atoms with van der Waals surface area (Å²) in [6.07, 6.45) is 0. The van der Waals surface area contributed by atoms with Gasteiger partial charge >= 0.3 is 11.7 Å². The van der Waals surface area contributed by atoms with E-state index in [4.69, 9.17) is 0 Å². The van der Waals surface area contributed by atoms with E-state index < -0.39 is 0 Å². The second-order valence-corrected chi connectivity index (χ2v) is 5.28. The Labute approximate surface area is 116 Å². The zero-order valence-corrected chi connectivity index (χ0v) is 11.7. The number of hydrogen-bond donors (Lipinski definition) is 0. The number of nitrogens with zero attached hydrogens (tertiary/aromatic N) is 4. The number of aromatic nitrogens is 3. The molecule has 0 spiro atoms. The Kier molecular flexibility index (Phi) is 2.74. The maximum absolute atomic E-state index is 12.4. The molecular formula is C14H16N4O2. The van der Waals surface area contributed by atoms with Gasteiger partial charge in [-0.3, -0.25) is 4.90 Å². The molecule has 104 valence electrons. The van der Waals surface area contributed by atoms with Crippen LogP contribution in [0.5, 0.6) is 0 Å². The lowest BCUT2D eigenvalue weighted by Gasteiger charge is -2.15. The van der Waals surface area contributed by atoms with Crippen LogP contribution in [0, 0.1) is 6.92 Å². The number of fused-ring (bicyclic) bond motifs is 1. The lowest BCUT2D eigenvalue weighted by Crippen LogP contribution is -2.35. The standard InChI is InChI=1S/C14H16N4O2/c1-9(2)18-14(20)17-12(15-18)8-16(13(17)19)11-6-4-10(3)5-7-11/h4-7,9H,8H2,1-3H3. The van der Waals surface area contributed by atoms with Gasteiger partial charge in [-0.1, -0.05) is 17.7 Å². The third kappa shape index (κ3) is 1.76. The van der Waals surface area contributed by atoms with Crippen LogP contribution in [-0.2, 0) is 6.54 Å². The van der Waals surface area contributed by atoms with Crippen molar-refractivity contribution < 1.29 is 4.79 Å². The minimum Gasteiger partial charge on any atom is -0.286 e. The monoisotopic (exact) mass is 272 g/mol. The zero-order valence-electron chi connectivity index (χ0n) is 11.7. The molecule has 1 aromatic heterocycles. The van der Waals surface area contributed by atoms with Crippen molar-refractivity contribution in [3.8, 4) is 0 Å². The lowest BCUT2D eigenvalue weighted by atomic mass is 10.2. The molecule has 2 heterocycles. The molecule has 0 aliphatic carbocycles. The summed E-state index contributed by atoms with van der Waals surface area (Å²) in [5, 5.41) is 4.24. The number of carbonyl (C=O) groups is 1. The number of benzene rings is 1. The van der Waals surface area contributed by atoms with Crippen LogP contribution < -0.4 is 10.6 Å². The van der Waals surface area contributed by atoms with E-state index in [0.717, 1.165) is 15.8 Å². The average Bonchev–Trinajstić information content (AvgIpc) is 2.89. The summed E-state index contributed by atoms with van der Waals surface area (Å²) < 4.78 is 2.50. The first-order chi connectivity index (χ1) is 9.49. The van der Waals surface area contributed by atoms with E-state index in [1.54, 1.807) is 4.90 Å². The SMILES string of the molecule is Cc1ccc(N2Cc3nn(C(C)C)c(=O)n3C2=O)cc1. The van der Waals surface area contributed by atoms with Crippen molar-refractivity contribution in [2.75, 3.05) is 4.90 Å². The van der Waals surface area contributed by atoms with Crippen LogP contribution in [0.25, 0.3) is 0 Å². The van der Waals surface area contributed by atoms with E-state index in [-0.39, 0.29) is 17.8 Å². The highest BCUT2D eigenvalue weighted by atomic mass is 16.2. The fraction of sp³-hybridized carbons (Fsp3) is 0.357. The first-order valence-electron chi connectivity index (χ1n) is 6.58. The van der Waals surface area contributed by atoms with Crippen LogP contribution in [-0.4, -0.2) is 20.4 Å². The molecule has 0 unspecified atom stereocenters. The third-order valence-corrected chi connectivity index (χ3v) is 3.43. The van der Waals surface area contributed by atoms with Crippen molar-refractivity contribution in [1.82, 2.24) is 14.3 Å². The zero-order chi connectivity index (χ0) is 14.4. The van der Waals surface area contributed by atoms with Gasteiger partial charge in [-0.15, -0.1) is 0 Å². The number of amides is 1. The van der Waals surface area contributed by atoms with Gasteiger partial charge in [0.25, 0.3) is 0 Å². The van der Waals surface area contributed by atoms with Crippen LogP contribution in [0.15, 0.2) is 29.1 Å². The first kappa shape index (κ1) is 12.7. The molecule has 1 amide bonds. The smallest absolute Gasteiger partial charge is 0.286 e. The summed E-state index contributed by atoms with van der Waals surface area (Å²) in [6.45, 7) is 6.05. The average molecular weight is 272 g/mol. The quantitative estimate of drug-likeness (QED) is 0.839. The maximum atomic E-state index is 12.4. The van der Waals surface area contributed by atoms with Crippen molar-refractivity contribution in [1.29, 1.82) is 0 Å². The normalized spacial score (nSPS) is 14.2. The van der Waals surface area contributed by atoms with Crippen LogP contribution in [0.3, 0.4) is 0 Å². The van der Waals surface area contributed by atoms with Crippen LogP contribution in [0.4, 0.5) is 10.5 Å². The molecule has 1 aromatic carbocycles. The molecule has 0 N–H and O–H groups in total. The van der Waals surface area contributed by atoms with Crippen molar-refractivity contribution in [3.63, 3.8) is 0 Å². The van der Waals surface area contributed by atoms with E-state index >= 15 is 0 Å². The van der Waals surface area contributed by atoms with E-state index in [2.05, 4.69) is 5.10 Å². The van der Waals surface area contributed by atoms with E-state index in [1.807, 2.05) is 45.0 Å². The Morgan fingerprint density at radius 2 is 1.80 bits per heavy atom. The van der Waals surface area contributed by atoms with Crippen molar-refractivity contribution in [2.45, 2.75) is 33.4 Å². The number of aryl methyl sites for hydroxylation is 1. The van der Waals surface area contributed by atoms with Crippen molar-refractivity contribution in [3.05, 3.63) is 46.1 Å². The van der Waals surface area contributed by atoms with Crippen LogP contribution in [0.2, 0.25) is 0 Å². The molecule has 0 radical (unpaired) electrons. The Morgan fingerprint density at radius 3 is 2.35 bits per heavy atom. The molecule has 6 nitrogen and oxygen atoms in total. The van der Waals surface area contributed by atoms with Gasteiger partial charge in [0.15, 0.2) is 5.82 Å². The summed E-state index contributed by atoms with van der Waals surface area (Å²) >= 11 is 0. The molecule has 1 aliphatic rings. The van der Waals surface area contributed by atoms with Gasteiger partial charge < -0.3 is 0 Å². The number of carbonyl (C=O) groups excluding carboxylic acids is 1. The van der Waals surface area contributed by atoms with Gasteiger partial charge in [0.05, 0.1) is 12.6 Å². The third-order valence-electron chi connectivity index (χ3n) is 3.43. The molecule has 20 heavy (non-hydrogen) atoms. The second kappa shape index (κ2) is 4.33. The number of hydrogen-bond acceptors (Lipinski definition) is 3. The molecule has 2 aromatic rings. The molecule has 0 bridgehead atoms. The number of rotatable bonds is 2. The van der Waals surface area contributed by atoms with E-state index in [9.17, 15) is 9.59 Å². The highest BCUT2D eigenvalue weighted by Crippen LogP contribution is 2.22. The summed E-state index contributed by atoms with van der Waals surface area (Å²) in [7, 11) is 0. The second-order valence-electron chi connectivity index (χ2n) is 5.28. The van der Waals surface area contributed by atoms with Crippen LogP contribution >= 0.6 is 0 Å². The van der Waals surface area contributed by atoms with Crippen LogP contribution in [0.1, 0.15) is 31.3 Å². The molecule has 1 aliphatic heterocycles. The maximum Gasteiger partial charge on any atom is 0.354 e. The summed E-state index contributed by atoms with van der Waals surface area (Å²) in [4.78, 5) is 26.1. The number of anilines is 1. The molecule has 0 atom stereocenters. The summed E-state index contributed by atoms with van der Waals surface area (Å²) in [5.74, 6) is 0.495. The Balaban J connectivity index is 2.00. The minimum atomic E-state index is -0.366. The Bertz CT molecular complexity index is 725. The minimum absolute atomic E-state index is 0.0544. The predicted molar refractivity (Wildman–Crippen MR) is 75.0 cm³/mol. The molecule has 0 saturated heterocycles. The van der Waals surface area contributed by atoms with Gasteiger partial charge in [-0.05, 0) is 32.9 Å².